The lowest BCUT2D eigenvalue weighted by molar-refractivity contribution is -0.119. The van der Waals surface area contributed by atoms with Crippen LogP contribution in [-0.4, -0.2) is 39.0 Å². The Balaban J connectivity index is 2.23. The Morgan fingerprint density at radius 3 is 2.72 bits per heavy atom. The van der Waals surface area contributed by atoms with Crippen molar-refractivity contribution in [1.82, 2.24) is 14.9 Å². The Labute approximate surface area is 151 Å². The second kappa shape index (κ2) is 9.01. The number of rotatable bonds is 8. The second-order valence-electron chi connectivity index (χ2n) is 6.33. The molecule has 6 nitrogen and oxygen atoms in total. The van der Waals surface area contributed by atoms with E-state index in [1.807, 2.05) is 13.0 Å². The number of hydrogen-bond acceptors (Lipinski definition) is 5. The highest BCUT2D eigenvalue weighted by molar-refractivity contribution is 7.99. The molecule has 0 aliphatic rings. The highest BCUT2D eigenvalue weighted by atomic mass is 32.2. The third-order valence-electron chi connectivity index (χ3n) is 4.09. The van der Waals surface area contributed by atoms with E-state index in [4.69, 9.17) is 5.11 Å². The van der Waals surface area contributed by atoms with Crippen molar-refractivity contribution in [2.75, 3.05) is 12.4 Å². The van der Waals surface area contributed by atoms with Crippen molar-refractivity contribution in [2.45, 2.75) is 44.9 Å². The van der Waals surface area contributed by atoms with E-state index in [2.05, 4.69) is 24.1 Å². The Morgan fingerprint density at radius 1 is 1.32 bits per heavy atom. The van der Waals surface area contributed by atoms with E-state index in [-0.39, 0.29) is 29.9 Å². The first kappa shape index (κ1) is 19.5. The fourth-order valence-electron chi connectivity index (χ4n) is 2.28. The van der Waals surface area contributed by atoms with Crippen LogP contribution in [-0.2, 0) is 11.3 Å². The molecule has 0 aliphatic heterocycles. The molecule has 0 saturated heterocycles. The third-order valence-corrected chi connectivity index (χ3v) is 5.06. The van der Waals surface area contributed by atoms with Crippen LogP contribution >= 0.6 is 11.8 Å². The number of fused-ring (bicyclic) bond motifs is 1. The van der Waals surface area contributed by atoms with E-state index in [0.717, 1.165) is 0 Å². The number of carbonyl (C=O) groups is 1. The molecule has 2 N–H and O–H groups in total. The van der Waals surface area contributed by atoms with E-state index in [9.17, 15) is 9.59 Å². The minimum Gasteiger partial charge on any atom is -0.396 e. The van der Waals surface area contributed by atoms with Crippen molar-refractivity contribution in [2.24, 2.45) is 5.92 Å². The van der Waals surface area contributed by atoms with Crippen molar-refractivity contribution in [1.29, 1.82) is 0 Å². The maximum atomic E-state index is 12.7. The molecule has 2 aromatic rings. The number of para-hydroxylation sites is 1. The lowest BCUT2D eigenvalue weighted by atomic mass is 10.1. The zero-order valence-corrected chi connectivity index (χ0v) is 15.7. The lowest BCUT2D eigenvalue weighted by Gasteiger charge is -2.17. The second-order valence-corrected chi connectivity index (χ2v) is 7.28. The van der Waals surface area contributed by atoms with Gasteiger partial charge in [-0.3, -0.25) is 14.2 Å². The first-order valence-corrected chi connectivity index (χ1v) is 9.45. The van der Waals surface area contributed by atoms with Crippen LogP contribution in [0.3, 0.4) is 0 Å². The van der Waals surface area contributed by atoms with Gasteiger partial charge in [-0.25, -0.2) is 4.98 Å². The molecule has 0 spiro atoms. The van der Waals surface area contributed by atoms with Crippen LogP contribution in [0.25, 0.3) is 10.9 Å². The summed E-state index contributed by atoms with van der Waals surface area (Å²) in [6.45, 7) is 6.44. The van der Waals surface area contributed by atoms with Gasteiger partial charge in [-0.2, -0.15) is 0 Å². The van der Waals surface area contributed by atoms with Crippen molar-refractivity contribution < 1.29 is 9.90 Å². The molecule has 0 fully saturated rings. The standard InChI is InChI=1S/C18H25N3O3S/c1-12(2)13(3)19-16(23)11-25-18-20-15-8-5-4-7-14(15)17(24)21(18)9-6-10-22/h4-5,7-8,12-13,22H,6,9-11H2,1-3H3,(H,19,23). The topological polar surface area (TPSA) is 84.2 Å². The number of aromatic nitrogens is 2. The Kier molecular flexibility index (Phi) is 7.01. The number of carbonyl (C=O) groups excluding carboxylic acids is 1. The maximum Gasteiger partial charge on any atom is 0.262 e. The number of aliphatic hydroxyl groups is 1. The van der Waals surface area contributed by atoms with Crippen LogP contribution in [0, 0.1) is 5.92 Å². The minimum atomic E-state index is -0.141. The first-order chi connectivity index (χ1) is 11.9. The number of nitrogens with zero attached hydrogens (tertiary/aromatic N) is 2. The van der Waals surface area contributed by atoms with Crippen LogP contribution in [0.5, 0.6) is 0 Å². The zero-order chi connectivity index (χ0) is 18.4. The summed E-state index contributed by atoms with van der Waals surface area (Å²) in [5, 5.41) is 13.1. The Bertz CT molecular complexity index is 789. The Morgan fingerprint density at radius 2 is 2.04 bits per heavy atom. The van der Waals surface area contributed by atoms with Gasteiger partial charge in [0, 0.05) is 19.2 Å². The predicted molar refractivity (Wildman–Crippen MR) is 101 cm³/mol. The van der Waals surface area contributed by atoms with Crippen molar-refractivity contribution >= 4 is 28.6 Å². The summed E-state index contributed by atoms with van der Waals surface area (Å²) >= 11 is 1.25. The van der Waals surface area contributed by atoms with E-state index in [0.29, 0.717) is 34.9 Å². The Hall–Kier alpha value is -1.86. The summed E-state index contributed by atoms with van der Waals surface area (Å²) in [6.07, 6.45) is 0.462. The molecule has 1 atom stereocenters. The van der Waals surface area contributed by atoms with Gasteiger partial charge < -0.3 is 10.4 Å². The quantitative estimate of drug-likeness (QED) is 0.554. The molecule has 1 aromatic heterocycles. The number of aliphatic hydroxyl groups excluding tert-OH is 1. The summed E-state index contributed by atoms with van der Waals surface area (Å²) < 4.78 is 1.54. The van der Waals surface area contributed by atoms with Crippen LogP contribution in [0.1, 0.15) is 27.2 Å². The van der Waals surface area contributed by atoms with Gasteiger partial charge in [0.2, 0.25) is 5.91 Å². The zero-order valence-electron chi connectivity index (χ0n) is 14.9. The van der Waals surface area contributed by atoms with Gasteiger partial charge in [0.1, 0.15) is 0 Å². The van der Waals surface area contributed by atoms with Crippen LogP contribution in [0.2, 0.25) is 0 Å². The van der Waals surface area contributed by atoms with Crippen molar-refractivity contribution in [3.8, 4) is 0 Å². The minimum absolute atomic E-state index is 0.00420. The summed E-state index contributed by atoms with van der Waals surface area (Å²) in [7, 11) is 0. The van der Waals surface area contributed by atoms with Crippen molar-refractivity contribution in [3.63, 3.8) is 0 Å². The molecular weight excluding hydrogens is 338 g/mol. The fourth-order valence-corrected chi connectivity index (χ4v) is 3.11. The maximum absolute atomic E-state index is 12.7. The number of thioether (sulfide) groups is 1. The molecule has 1 aromatic carbocycles. The molecule has 1 heterocycles. The molecule has 136 valence electrons. The number of benzene rings is 1. The summed E-state index contributed by atoms with van der Waals surface area (Å²) in [6, 6.07) is 7.26. The van der Waals surface area contributed by atoms with Gasteiger partial charge in [-0.1, -0.05) is 37.7 Å². The molecule has 1 amide bonds. The summed E-state index contributed by atoms with van der Waals surface area (Å²) in [5.74, 6) is 0.471. The van der Waals surface area contributed by atoms with E-state index in [1.54, 1.807) is 22.8 Å². The predicted octanol–water partition coefficient (Wildman–Crippen LogP) is 2.03. The lowest BCUT2D eigenvalue weighted by Crippen LogP contribution is -2.37. The van der Waals surface area contributed by atoms with Gasteiger partial charge in [-0.05, 0) is 31.4 Å². The van der Waals surface area contributed by atoms with Crippen LogP contribution in [0.4, 0.5) is 0 Å². The van der Waals surface area contributed by atoms with E-state index in [1.165, 1.54) is 11.8 Å². The average Bonchev–Trinajstić information content (AvgIpc) is 2.59. The molecule has 25 heavy (non-hydrogen) atoms. The van der Waals surface area contributed by atoms with Gasteiger partial charge in [-0.15, -0.1) is 0 Å². The smallest absolute Gasteiger partial charge is 0.262 e. The SMILES string of the molecule is CC(C)C(C)NC(=O)CSc1nc2ccccc2c(=O)n1CCCO. The molecule has 0 saturated carbocycles. The van der Waals surface area contributed by atoms with Crippen molar-refractivity contribution in [3.05, 3.63) is 34.6 Å². The normalized spacial score (nSPS) is 12.5. The van der Waals surface area contributed by atoms with E-state index >= 15 is 0 Å². The summed E-state index contributed by atoms with van der Waals surface area (Å²) in [5.41, 5.74) is 0.476. The van der Waals surface area contributed by atoms with Gasteiger partial charge in [0.25, 0.3) is 5.56 Å². The molecular formula is C18H25N3O3S. The number of nitrogens with one attached hydrogen (secondary N) is 1. The fraction of sp³-hybridized carbons (Fsp3) is 0.500. The van der Waals surface area contributed by atoms with Gasteiger partial charge >= 0.3 is 0 Å². The van der Waals surface area contributed by atoms with Crippen LogP contribution in [0.15, 0.2) is 34.2 Å². The van der Waals surface area contributed by atoms with Crippen LogP contribution < -0.4 is 10.9 Å². The molecule has 1 unspecified atom stereocenters. The molecule has 0 aliphatic carbocycles. The average molecular weight is 363 g/mol. The largest absolute Gasteiger partial charge is 0.396 e. The molecule has 0 radical (unpaired) electrons. The molecule has 7 heteroatoms. The number of hydrogen-bond donors (Lipinski definition) is 2. The number of amides is 1. The summed E-state index contributed by atoms with van der Waals surface area (Å²) in [4.78, 5) is 29.4. The van der Waals surface area contributed by atoms with E-state index < -0.39 is 0 Å². The third kappa shape index (κ3) is 5.06. The molecule has 2 rings (SSSR count). The highest BCUT2D eigenvalue weighted by Gasteiger charge is 2.15. The molecule has 0 bridgehead atoms. The van der Waals surface area contributed by atoms with Gasteiger partial charge in [0.05, 0.1) is 16.7 Å². The van der Waals surface area contributed by atoms with Gasteiger partial charge in [0.15, 0.2) is 5.16 Å². The first-order valence-electron chi connectivity index (χ1n) is 8.46. The monoisotopic (exact) mass is 363 g/mol. The highest BCUT2D eigenvalue weighted by Crippen LogP contribution is 2.18.